The lowest BCUT2D eigenvalue weighted by molar-refractivity contribution is 0.0993. The van der Waals surface area contributed by atoms with Crippen molar-refractivity contribution in [2.45, 2.75) is 0 Å². The molecule has 16 heavy (non-hydrogen) atoms. The first-order chi connectivity index (χ1) is 7.58. The van der Waals surface area contributed by atoms with Crippen LogP contribution in [0.5, 0.6) is 5.88 Å². The Morgan fingerprint density at radius 2 is 2.25 bits per heavy atom. The number of rotatable bonds is 2. The summed E-state index contributed by atoms with van der Waals surface area (Å²) in [6, 6.07) is 5.59. The van der Waals surface area contributed by atoms with Gasteiger partial charge in [0.25, 0.3) is 5.91 Å². The van der Waals surface area contributed by atoms with Crippen LogP contribution in [0.25, 0.3) is 11.4 Å². The molecule has 0 fully saturated rings. The Kier molecular flexibility index (Phi) is 2.32. The number of amides is 1. The van der Waals surface area contributed by atoms with Crippen LogP contribution in [-0.2, 0) is 0 Å². The third kappa shape index (κ3) is 1.72. The molecule has 0 atom stereocenters. The maximum Gasteiger partial charge on any atom is 0.270 e. The zero-order valence-corrected chi connectivity index (χ0v) is 8.07. The lowest BCUT2D eigenvalue weighted by atomic mass is 10.2. The molecular weight excluding hydrogens is 213 g/mol. The Hall–Kier alpha value is -2.37. The second-order valence-electron chi connectivity index (χ2n) is 3.16. The standard InChI is InChI=1S/C10H8FN3O2/c11-6-3-1-2-5(4-6)9-13-7(8(12)15)10(16)14-9/h1-4,16H,(H2,12,15)(H,13,14). The van der Waals surface area contributed by atoms with Crippen LogP contribution in [0.3, 0.4) is 0 Å². The van der Waals surface area contributed by atoms with E-state index in [0.717, 1.165) is 0 Å². The third-order valence-corrected chi connectivity index (χ3v) is 2.03. The highest BCUT2D eigenvalue weighted by molar-refractivity contribution is 5.93. The number of hydrogen-bond acceptors (Lipinski definition) is 3. The smallest absolute Gasteiger partial charge is 0.270 e. The number of aromatic amines is 1. The monoisotopic (exact) mass is 221 g/mol. The van der Waals surface area contributed by atoms with Crippen LogP contribution in [0.1, 0.15) is 10.5 Å². The summed E-state index contributed by atoms with van der Waals surface area (Å²) in [7, 11) is 0. The summed E-state index contributed by atoms with van der Waals surface area (Å²) in [5, 5.41) is 9.30. The van der Waals surface area contributed by atoms with Gasteiger partial charge in [0, 0.05) is 5.56 Å². The molecule has 2 aromatic rings. The van der Waals surface area contributed by atoms with E-state index in [1.54, 1.807) is 6.07 Å². The van der Waals surface area contributed by atoms with Crippen LogP contribution in [0.2, 0.25) is 0 Å². The van der Waals surface area contributed by atoms with Crippen molar-refractivity contribution in [1.29, 1.82) is 0 Å². The van der Waals surface area contributed by atoms with Crippen molar-refractivity contribution in [1.82, 2.24) is 9.97 Å². The zero-order chi connectivity index (χ0) is 11.7. The summed E-state index contributed by atoms with van der Waals surface area (Å²) in [6.07, 6.45) is 0. The number of hydrogen-bond donors (Lipinski definition) is 3. The van der Waals surface area contributed by atoms with E-state index in [2.05, 4.69) is 9.97 Å². The second kappa shape index (κ2) is 3.65. The van der Waals surface area contributed by atoms with Gasteiger partial charge in [-0.1, -0.05) is 12.1 Å². The summed E-state index contributed by atoms with van der Waals surface area (Å²) < 4.78 is 12.9. The molecule has 4 N–H and O–H groups in total. The van der Waals surface area contributed by atoms with Gasteiger partial charge in [-0.05, 0) is 12.1 Å². The van der Waals surface area contributed by atoms with Crippen LogP contribution < -0.4 is 5.73 Å². The first-order valence-electron chi connectivity index (χ1n) is 4.42. The van der Waals surface area contributed by atoms with Crippen LogP contribution >= 0.6 is 0 Å². The first kappa shape index (κ1) is 10.2. The average molecular weight is 221 g/mol. The van der Waals surface area contributed by atoms with Crippen molar-refractivity contribution in [2.24, 2.45) is 5.73 Å². The molecule has 0 spiro atoms. The van der Waals surface area contributed by atoms with Crippen LogP contribution in [-0.4, -0.2) is 21.0 Å². The van der Waals surface area contributed by atoms with Crippen molar-refractivity contribution >= 4 is 5.91 Å². The van der Waals surface area contributed by atoms with Crippen LogP contribution in [0, 0.1) is 5.82 Å². The Morgan fingerprint density at radius 1 is 1.50 bits per heavy atom. The number of aromatic hydroxyl groups is 1. The Balaban J connectivity index is 2.49. The van der Waals surface area contributed by atoms with Gasteiger partial charge in [0.15, 0.2) is 5.69 Å². The molecule has 82 valence electrons. The minimum absolute atomic E-state index is 0.186. The predicted molar refractivity (Wildman–Crippen MR) is 54.2 cm³/mol. The van der Waals surface area contributed by atoms with E-state index >= 15 is 0 Å². The third-order valence-electron chi connectivity index (χ3n) is 2.03. The topological polar surface area (TPSA) is 92.0 Å². The molecule has 0 unspecified atom stereocenters. The maximum atomic E-state index is 12.9. The van der Waals surface area contributed by atoms with Crippen molar-refractivity contribution in [3.05, 3.63) is 35.8 Å². The van der Waals surface area contributed by atoms with Gasteiger partial charge in [0.05, 0.1) is 0 Å². The highest BCUT2D eigenvalue weighted by atomic mass is 19.1. The summed E-state index contributed by atoms with van der Waals surface area (Å²) in [5.74, 6) is -1.57. The van der Waals surface area contributed by atoms with Crippen LogP contribution in [0.4, 0.5) is 4.39 Å². The molecule has 0 saturated heterocycles. The second-order valence-corrected chi connectivity index (χ2v) is 3.16. The molecule has 5 nitrogen and oxygen atoms in total. The Morgan fingerprint density at radius 3 is 2.81 bits per heavy atom. The summed E-state index contributed by atoms with van der Waals surface area (Å²) >= 11 is 0. The van der Waals surface area contributed by atoms with Gasteiger partial charge in [-0.25, -0.2) is 4.39 Å². The van der Waals surface area contributed by atoms with Crippen molar-refractivity contribution in [3.8, 4) is 17.3 Å². The Labute approximate surface area is 89.7 Å². The highest BCUT2D eigenvalue weighted by Gasteiger charge is 2.14. The van der Waals surface area contributed by atoms with Crippen molar-refractivity contribution < 1.29 is 14.3 Å². The average Bonchev–Trinajstić information content (AvgIpc) is 2.60. The summed E-state index contributed by atoms with van der Waals surface area (Å²) in [6.45, 7) is 0. The van der Waals surface area contributed by atoms with Gasteiger partial charge in [-0.3, -0.25) is 4.79 Å². The minimum atomic E-state index is -0.826. The number of nitrogens with two attached hydrogens (primary N) is 1. The minimum Gasteiger partial charge on any atom is -0.492 e. The molecule has 6 heteroatoms. The fraction of sp³-hybridized carbons (Fsp3) is 0. The fourth-order valence-corrected chi connectivity index (χ4v) is 1.31. The van der Waals surface area contributed by atoms with Gasteiger partial charge in [0.2, 0.25) is 5.88 Å². The lowest BCUT2D eigenvalue weighted by Gasteiger charge is -1.95. The van der Waals surface area contributed by atoms with E-state index in [-0.39, 0.29) is 11.5 Å². The number of halogens is 1. The van der Waals surface area contributed by atoms with Gasteiger partial charge < -0.3 is 15.8 Å². The molecule has 0 aliphatic heterocycles. The SMILES string of the molecule is NC(=O)c1[nH]c(-c2cccc(F)c2)nc1O. The van der Waals surface area contributed by atoms with E-state index in [4.69, 9.17) is 5.73 Å². The number of nitrogens with zero attached hydrogens (tertiary/aromatic N) is 1. The van der Waals surface area contributed by atoms with Crippen molar-refractivity contribution in [3.63, 3.8) is 0 Å². The number of carbonyl (C=O) groups is 1. The number of primary amides is 1. The van der Waals surface area contributed by atoms with E-state index in [9.17, 15) is 14.3 Å². The number of aromatic nitrogens is 2. The van der Waals surface area contributed by atoms with E-state index in [1.807, 2.05) is 0 Å². The van der Waals surface area contributed by atoms with Gasteiger partial charge in [0.1, 0.15) is 11.6 Å². The molecule has 0 aliphatic carbocycles. The van der Waals surface area contributed by atoms with Gasteiger partial charge in [-0.15, -0.1) is 0 Å². The molecule has 1 aromatic heterocycles. The summed E-state index contributed by atoms with van der Waals surface area (Å²) in [5.41, 5.74) is 5.22. The fourth-order valence-electron chi connectivity index (χ4n) is 1.31. The van der Waals surface area contributed by atoms with E-state index in [0.29, 0.717) is 5.56 Å². The molecule has 0 radical (unpaired) electrons. The molecule has 1 aromatic carbocycles. The molecular formula is C10H8FN3O2. The maximum absolute atomic E-state index is 12.9. The number of benzene rings is 1. The first-order valence-corrected chi connectivity index (χ1v) is 4.42. The molecule has 1 heterocycles. The Bertz CT molecular complexity index is 551. The number of nitrogens with one attached hydrogen (secondary N) is 1. The van der Waals surface area contributed by atoms with E-state index < -0.39 is 17.6 Å². The van der Waals surface area contributed by atoms with Crippen molar-refractivity contribution in [2.75, 3.05) is 0 Å². The lowest BCUT2D eigenvalue weighted by Crippen LogP contribution is -2.11. The largest absolute Gasteiger partial charge is 0.492 e. The van der Waals surface area contributed by atoms with Crippen LogP contribution in [0.15, 0.2) is 24.3 Å². The molecule has 1 amide bonds. The molecule has 2 rings (SSSR count). The highest BCUT2D eigenvalue weighted by Crippen LogP contribution is 2.22. The molecule has 0 bridgehead atoms. The van der Waals surface area contributed by atoms with Gasteiger partial charge >= 0.3 is 0 Å². The molecule has 0 aliphatic rings. The number of H-pyrrole nitrogens is 1. The molecule has 0 saturated carbocycles. The van der Waals surface area contributed by atoms with Gasteiger partial charge in [-0.2, -0.15) is 4.98 Å². The quantitative estimate of drug-likeness (QED) is 0.706. The normalized spacial score (nSPS) is 10.3. The zero-order valence-electron chi connectivity index (χ0n) is 8.07. The number of imidazole rings is 1. The predicted octanol–water partition coefficient (Wildman–Crippen LogP) is 1.02. The number of carbonyl (C=O) groups excluding carboxylic acids is 1. The van der Waals surface area contributed by atoms with E-state index in [1.165, 1.54) is 18.2 Å². The summed E-state index contributed by atoms with van der Waals surface area (Å²) in [4.78, 5) is 17.0.